The fraction of sp³-hybridized carbons (Fsp3) is 0.182. The summed E-state index contributed by atoms with van der Waals surface area (Å²) in [6.07, 6.45) is 3.47. The van der Waals surface area contributed by atoms with Crippen LogP contribution >= 0.6 is 0 Å². The summed E-state index contributed by atoms with van der Waals surface area (Å²) in [6.45, 7) is 0. The molecule has 0 N–H and O–H groups in total. The Morgan fingerprint density at radius 1 is 0.700 bits per heavy atom. The summed E-state index contributed by atoms with van der Waals surface area (Å²) in [5.41, 5.74) is 2.97. The Hall–Kier alpha value is -4.91. The zero-order valence-electron chi connectivity index (χ0n) is 22.5. The molecule has 0 amide bonds. The van der Waals surface area contributed by atoms with Crippen molar-refractivity contribution in [2.24, 2.45) is 0 Å². The molecule has 0 saturated carbocycles. The number of benzene rings is 3. The summed E-state index contributed by atoms with van der Waals surface area (Å²) in [7, 11) is 3.82. The molecule has 3 aromatic rings. The summed E-state index contributed by atoms with van der Waals surface area (Å²) < 4.78 is 21.5. The van der Waals surface area contributed by atoms with Crippen molar-refractivity contribution in [2.45, 2.75) is 17.9 Å². The van der Waals surface area contributed by atoms with Gasteiger partial charge in [-0.25, -0.2) is 14.4 Å². The lowest BCUT2D eigenvalue weighted by Crippen LogP contribution is -2.37. The fourth-order valence-corrected chi connectivity index (χ4v) is 4.86. The Morgan fingerprint density at radius 3 is 1.82 bits per heavy atom. The van der Waals surface area contributed by atoms with Crippen LogP contribution in [0.5, 0.6) is 0 Å². The van der Waals surface area contributed by atoms with Gasteiger partial charge in [0.15, 0.2) is 0 Å². The van der Waals surface area contributed by atoms with Crippen molar-refractivity contribution >= 4 is 23.5 Å². The molecule has 1 aliphatic rings. The largest absolute Gasteiger partial charge is 0.478 e. The van der Waals surface area contributed by atoms with Crippen molar-refractivity contribution in [3.05, 3.63) is 137 Å². The smallest absolute Gasteiger partial charge is 0.373 e. The van der Waals surface area contributed by atoms with Crippen molar-refractivity contribution in [1.29, 1.82) is 0 Å². The molecule has 0 unspecified atom stereocenters. The number of rotatable bonds is 8. The first-order valence-corrected chi connectivity index (χ1v) is 12.7. The summed E-state index contributed by atoms with van der Waals surface area (Å²) >= 11 is 0. The molecule has 7 heteroatoms. The second-order valence-corrected chi connectivity index (χ2v) is 8.98. The van der Waals surface area contributed by atoms with Gasteiger partial charge in [0.05, 0.1) is 26.9 Å². The summed E-state index contributed by atoms with van der Waals surface area (Å²) in [4.78, 5) is 38.7. The zero-order chi connectivity index (χ0) is 28.5. The number of carbonyl (C=O) groups excluding carboxylic acids is 3. The van der Waals surface area contributed by atoms with E-state index in [-0.39, 0.29) is 17.3 Å². The van der Waals surface area contributed by atoms with E-state index in [1.165, 1.54) is 33.5 Å². The van der Waals surface area contributed by atoms with Gasteiger partial charge in [-0.05, 0) is 34.4 Å². The normalized spacial score (nSPS) is 19.1. The van der Waals surface area contributed by atoms with E-state index >= 15 is 0 Å². The minimum Gasteiger partial charge on any atom is -0.478 e. The lowest BCUT2D eigenvalue weighted by Gasteiger charge is -2.38. The third-order valence-corrected chi connectivity index (χ3v) is 6.71. The number of hydrogen-bond acceptors (Lipinski definition) is 7. The average molecular weight is 539 g/mol. The number of hydrogen-bond donors (Lipinski definition) is 0. The second kappa shape index (κ2) is 13.2. The molecule has 3 atom stereocenters. The van der Waals surface area contributed by atoms with E-state index in [9.17, 15) is 14.4 Å². The van der Waals surface area contributed by atoms with Crippen molar-refractivity contribution in [3.63, 3.8) is 0 Å². The van der Waals surface area contributed by atoms with E-state index in [2.05, 4.69) is 0 Å². The van der Waals surface area contributed by atoms with E-state index in [4.69, 9.17) is 18.9 Å². The topological polar surface area (TPSA) is 88.1 Å². The Balaban J connectivity index is 2.06. The molecule has 204 valence electrons. The lowest BCUT2D eigenvalue weighted by atomic mass is 9.73. The molecule has 40 heavy (non-hydrogen) atoms. The molecule has 0 saturated heterocycles. The molecular formula is C33H30O7. The third kappa shape index (κ3) is 6.21. The van der Waals surface area contributed by atoms with Gasteiger partial charge in [-0.1, -0.05) is 91.0 Å². The summed E-state index contributed by atoms with van der Waals surface area (Å²) in [5, 5.41) is 0. The van der Waals surface area contributed by atoms with Gasteiger partial charge in [-0.3, -0.25) is 0 Å². The van der Waals surface area contributed by atoms with Gasteiger partial charge in [0.25, 0.3) is 0 Å². The highest BCUT2D eigenvalue weighted by Gasteiger charge is 2.44. The van der Waals surface area contributed by atoms with Gasteiger partial charge >= 0.3 is 17.9 Å². The van der Waals surface area contributed by atoms with Crippen LogP contribution < -0.4 is 0 Å². The molecule has 3 aromatic carbocycles. The molecule has 7 nitrogen and oxygen atoms in total. The molecule has 0 bridgehead atoms. The highest BCUT2D eigenvalue weighted by atomic mass is 16.6. The minimum absolute atomic E-state index is 0.0284. The van der Waals surface area contributed by atoms with Gasteiger partial charge in [0.1, 0.15) is 6.10 Å². The first-order chi connectivity index (χ1) is 19.5. The molecule has 0 fully saturated rings. The monoisotopic (exact) mass is 538 g/mol. The predicted octanol–water partition coefficient (Wildman–Crippen LogP) is 5.37. The highest BCUT2D eigenvalue weighted by Crippen LogP contribution is 2.46. The number of ether oxygens (including phenoxy) is 4. The maximum atomic E-state index is 13.7. The standard InChI is InChI=1S/C33H30O7/c1-37-28(34)20-19-25(22-13-7-4-8-14-22)30(33(36)39-3)31-29(24-17-11-6-12-18-24)26(23-15-9-5-10-16-23)21-27(40-31)32(35)38-2/h4-21,26,29,31H,1-3H3/b20-19+,30-25-/t26-,29-,31-/m1/s1. The average Bonchev–Trinajstić information content (AvgIpc) is 3.02. The van der Waals surface area contributed by atoms with E-state index in [0.717, 1.165) is 11.1 Å². The summed E-state index contributed by atoms with van der Waals surface area (Å²) in [6, 6.07) is 28.4. The van der Waals surface area contributed by atoms with Gasteiger partial charge in [0.2, 0.25) is 5.76 Å². The first kappa shape index (κ1) is 28.1. The van der Waals surface area contributed by atoms with Crippen LogP contribution in [0, 0.1) is 0 Å². The maximum Gasteiger partial charge on any atom is 0.373 e. The molecule has 1 heterocycles. The van der Waals surface area contributed by atoms with Crippen molar-refractivity contribution in [3.8, 4) is 0 Å². The van der Waals surface area contributed by atoms with Crippen LogP contribution in [0.2, 0.25) is 0 Å². The second-order valence-electron chi connectivity index (χ2n) is 8.98. The van der Waals surface area contributed by atoms with E-state index in [1.807, 2.05) is 91.0 Å². The Bertz CT molecular complexity index is 1420. The van der Waals surface area contributed by atoms with Gasteiger partial charge in [-0.15, -0.1) is 0 Å². The zero-order valence-corrected chi connectivity index (χ0v) is 22.5. The van der Waals surface area contributed by atoms with Gasteiger partial charge in [0, 0.05) is 17.9 Å². The Kier molecular flexibility index (Phi) is 9.31. The Labute approximate surface area is 233 Å². The summed E-state index contributed by atoms with van der Waals surface area (Å²) in [5.74, 6) is -2.81. The minimum atomic E-state index is -1.00. The van der Waals surface area contributed by atoms with Crippen LogP contribution in [0.1, 0.15) is 28.5 Å². The number of methoxy groups -OCH3 is 3. The lowest BCUT2D eigenvalue weighted by molar-refractivity contribution is -0.144. The van der Waals surface area contributed by atoms with Crippen molar-refractivity contribution < 1.29 is 33.3 Å². The van der Waals surface area contributed by atoms with Crippen LogP contribution in [0.4, 0.5) is 0 Å². The SMILES string of the molecule is COC(=O)/C=C/C(=C(/C(=O)OC)[C@@H]1OC(C(=O)OC)=C[C@H](c2ccccc2)[C@H]1c1ccccc1)c1ccccc1. The van der Waals surface area contributed by atoms with E-state index < -0.39 is 29.9 Å². The highest BCUT2D eigenvalue weighted by molar-refractivity contribution is 6.03. The number of allylic oxidation sites excluding steroid dienone is 3. The maximum absolute atomic E-state index is 13.7. The van der Waals surface area contributed by atoms with Crippen LogP contribution in [0.3, 0.4) is 0 Å². The van der Waals surface area contributed by atoms with Crippen molar-refractivity contribution in [1.82, 2.24) is 0 Å². The quantitative estimate of drug-likeness (QED) is 0.165. The third-order valence-electron chi connectivity index (χ3n) is 6.71. The van der Waals surface area contributed by atoms with Gasteiger partial charge < -0.3 is 18.9 Å². The number of esters is 3. The molecule has 4 rings (SSSR count). The fourth-order valence-electron chi connectivity index (χ4n) is 4.86. The van der Waals surface area contributed by atoms with Crippen LogP contribution in [0.25, 0.3) is 5.57 Å². The van der Waals surface area contributed by atoms with Crippen LogP contribution in [0.15, 0.2) is 121 Å². The molecule has 0 radical (unpaired) electrons. The predicted molar refractivity (Wildman–Crippen MR) is 150 cm³/mol. The van der Waals surface area contributed by atoms with Crippen LogP contribution in [-0.2, 0) is 33.3 Å². The Morgan fingerprint density at radius 2 is 1.27 bits per heavy atom. The first-order valence-electron chi connectivity index (χ1n) is 12.7. The molecule has 0 aromatic heterocycles. The van der Waals surface area contributed by atoms with E-state index in [1.54, 1.807) is 6.08 Å². The number of carbonyl (C=O) groups is 3. The molecule has 0 spiro atoms. The van der Waals surface area contributed by atoms with E-state index in [0.29, 0.717) is 11.1 Å². The van der Waals surface area contributed by atoms with Crippen LogP contribution in [-0.4, -0.2) is 45.3 Å². The molecular weight excluding hydrogens is 508 g/mol. The van der Waals surface area contributed by atoms with Crippen molar-refractivity contribution in [2.75, 3.05) is 21.3 Å². The van der Waals surface area contributed by atoms with Gasteiger partial charge in [-0.2, -0.15) is 0 Å². The molecule has 0 aliphatic carbocycles. The molecule has 1 aliphatic heterocycles.